The van der Waals surface area contributed by atoms with Gasteiger partial charge in [-0.15, -0.1) is 0 Å². The molecule has 0 aromatic heterocycles. The Balaban J connectivity index is 1.94. The summed E-state index contributed by atoms with van der Waals surface area (Å²) in [7, 11) is 1.78. The number of hydrogen-bond donors (Lipinski definition) is 0. The van der Waals surface area contributed by atoms with Crippen molar-refractivity contribution < 1.29 is 9.59 Å². The molecule has 0 radical (unpaired) electrons. The summed E-state index contributed by atoms with van der Waals surface area (Å²) in [4.78, 5) is 26.2. The second-order valence-electron chi connectivity index (χ2n) is 3.85. The quantitative estimate of drug-likeness (QED) is 0.558. The topological polar surface area (TPSA) is 40.6 Å². The summed E-state index contributed by atoms with van der Waals surface area (Å²) in [5, 5.41) is 0. The van der Waals surface area contributed by atoms with E-state index >= 15 is 0 Å². The van der Waals surface area contributed by atoms with Crippen molar-refractivity contribution in [3.63, 3.8) is 0 Å². The number of carbonyl (C=O) groups is 2. The molecule has 0 aromatic rings. The van der Waals surface area contributed by atoms with E-state index in [4.69, 9.17) is 0 Å². The molecule has 0 unspecified atom stereocenters. The predicted octanol–water partition coefficient (Wildman–Crippen LogP) is -0.303. The Morgan fingerprint density at radius 2 is 2.08 bits per heavy atom. The largest absolute Gasteiger partial charge is 0.342 e. The van der Waals surface area contributed by atoms with Gasteiger partial charge in [0.1, 0.15) is 0 Å². The van der Waals surface area contributed by atoms with Crippen LogP contribution in [0.5, 0.6) is 0 Å². The monoisotopic (exact) mass is 182 g/mol. The molecule has 2 amide bonds. The molecule has 0 spiro atoms. The number of likely N-dealkylation sites (N-methyl/N-ethyl adjacent to an activating group) is 1. The minimum atomic E-state index is 0.0558. The van der Waals surface area contributed by atoms with E-state index in [-0.39, 0.29) is 24.3 Å². The first-order chi connectivity index (χ1) is 6.18. The van der Waals surface area contributed by atoms with Crippen molar-refractivity contribution in [3.8, 4) is 0 Å². The lowest BCUT2D eigenvalue weighted by Gasteiger charge is -2.32. The fourth-order valence-electron chi connectivity index (χ4n) is 1.54. The lowest BCUT2D eigenvalue weighted by atomic mass is 10.2. The molecule has 4 nitrogen and oxygen atoms in total. The summed E-state index contributed by atoms with van der Waals surface area (Å²) < 4.78 is 0. The van der Waals surface area contributed by atoms with Crippen molar-refractivity contribution in [1.29, 1.82) is 0 Å². The summed E-state index contributed by atoms with van der Waals surface area (Å²) in [5.41, 5.74) is 0. The second kappa shape index (κ2) is 3.01. The number of hydrogen-bond acceptors (Lipinski definition) is 2. The Kier molecular flexibility index (Phi) is 1.98. The van der Waals surface area contributed by atoms with Gasteiger partial charge in [-0.3, -0.25) is 9.59 Å². The fraction of sp³-hybridized carbons (Fsp3) is 0.778. The van der Waals surface area contributed by atoms with Crippen LogP contribution in [0, 0.1) is 5.92 Å². The van der Waals surface area contributed by atoms with Crippen molar-refractivity contribution in [2.24, 2.45) is 5.92 Å². The van der Waals surface area contributed by atoms with Crippen molar-refractivity contribution in [3.05, 3.63) is 0 Å². The van der Waals surface area contributed by atoms with E-state index in [9.17, 15) is 9.59 Å². The van der Waals surface area contributed by atoms with E-state index in [0.717, 1.165) is 12.8 Å². The highest BCUT2D eigenvalue weighted by Crippen LogP contribution is 2.31. The Hall–Kier alpha value is -1.06. The van der Waals surface area contributed by atoms with E-state index < -0.39 is 0 Å². The van der Waals surface area contributed by atoms with Crippen LogP contribution in [0.25, 0.3) is 0 Å². The normalized spacial score (nSPS) is 23.6. The van der Waals surface area contributed by atoms with E-state index in [1.165, 1.54) is 0 Å². The van der Waals surface area contributed by atoms with Crippen molar-refractivity contribution in [2.75, 3.05) is 26.7 Å². The number of rotatable bonds is 1. The van der Waals surface area contributed by atoms with Crippen LogP contribution in [0.3, 0.4) is 0 Å². The van der Waals surface area contributed by atoms with Crippen molar-refractivity contribution in [1.82, 2.24) is 9.80 Å². The van der Waals surface area contributed by atoms with Gasteiger partial charge in [0.25, 0.3) is 0 Å². The molecule has 0 aromatic carbocycles. The number of nitrogens with zero attached hydrogens (tertiary/aromatic N) is 2. The highest BCUT2D eigenvalue weighted by Gasteiger charge is 2.35. The third-order valence-corrected chi connectivity index (χ3v) is 2.70. The van der Waals surface area contributed by atoms with E-state index in [0.29, 0.717) is 13.1 Å². The molecule has 0 atom stereocenters. The molecule has 13 heavy (non-hydrogen) atoms. The molecular weight excluding hydrogens is 168 g/mol. The number of carbonyl (C=O) groups excluding carboxylic acids is 2. The fourth-order valence-corrected chi connectivity index (χ4v) is 1.54. The Morgan fingerprint density at radius 1 is 1.38 bits per heavy atom. The first kappa shape index (κ1) is 8.53. The average Bonchev–Trinajstić information content (AvgIpc) is 2.91. The van der Waals surface area contributed by atoms with Crippen molar-refractivity contribution in [2.45, 2.75) is 12.8 Å². The smallest absolute Gasteiger partial charge is 0.241 e. The summed E-state index contributed by atoms with van der Waals surface area (Å²) in [6.45, 7) is 1.67. The number of piperazine rings is 1. The Bertz CT molecular complexity index is 248. The van der Waals surface area contributed by atoms with Crippen LogP contribution in [0.1, 0.15) is 12.8 Å². The molecule has 1 saturated carbocycles. The lowest BCUT2D eigenvalue weighted by molar-refractivity contribution is -0.144. The summed E-state index contributed by atoms with van der Waals surface area (Å²) in [5.74, 6) is 0.470. The molecule has 2 rings (SSSR count). The predicted molar refractivity (Wildman–Crippen MR) is 46.9 cm³/mol. The van der Waals surface area contributed by atoms with Gasteiger partial charge < -0.3 is 9.80 Å². The van der Waals surface area contributed by atoms with Gasteiger partial charge in [-0.25, -0.2) is 0 Å². The molecule has 2 aliphatic rings. The van der Waals surface area contributed by atoms with E-state index in [2.05, 4.69) is 0 Å². The van der Waals surface area contributed by atoms with Gasteiger partial charge in [-0.05, 0) is 12.8 Å². The van der Waals surface area contributed by atoms with Gasteiger partial charge in [0.2, 0.25) is 11.8 Å². The minimum absolute atomic E-state index is 0.0558. The van der Waals surface area contributed by atoms with Gasteiger partial charge in [0.05, 0.1) is 6.54 Å². The Labute approximate surface area is 77.5 Å². The van der Waals surface area contributed by atoms with Gasteiger partial charge in [0, 0.05) is 26.1 Å². The van der Waals surface area contributed by atoms with Crippen LogP contribution in [-0.2, 0) is 9.59 Å². The standard InChI is InChI=1S/C9H14N2O2/c1-10-4-5-11(6-8(10)12)9(13)7-2-3-7/h7H,2-6H2,1H3. The summed E-state index contributed by atoms with van der Waals surface area (Å²) in [6, 6.07) is 0. The SMILES string of the molecule is CN1CCN(C(=O)C2CC2)CC1=O. The number of amides is 2. The molecule has 2 fully saturated rings. The first-order valence-electron chi connectivity index (χ1n) is 4.71. The second-order valence-corrected chi connectivity index (χ2v) is 3.85. The summed E-state index contributed by atoms with van der Waals surface area (Å²) in [6.07, 6.45) is 2.03. The minimum Gasteiger partial charge on any atom is -0.342 e. The van der Waals surface area contributed by atoms with Gasteiger partial charge >= 0.3 is 0 Å². The van der Waals surface area contributed by atoms with Crippen molar-refractivity contribution >= 4 is 11.8 Å². The molecule has 1 heterocycles. The van der Waals surface area contributed by atoms with Crippen LogP contribution >= 0.6 is 0 Å². The van der Waals surface area contributed by atoms with Crippen LogP contribution in [0.4, 0.5) is 0 Å². The third-order valence-electron chi connectivity index (χ3n) is 2.70. The highest BCUT2D eigenvalue weighted by atomic mass is 16.2. The van der Waals surface area contributed by atoms with Crippen LogP contribution in [0.2, 0.25) is 0 Å². The average molecular weight is 182 g/mol. The van der Waals surface area contributed by atoms with E-state index in [1.807, 2.05) is 0 Å². The van der Waals surface area contributed by atoms with Gasteiger partial charge in [-0.2, -0.15) is 0 Å². The zero-order chi connectivity index (χ0) is 9.42. The van der Waals surface area contributed by atoms with Crippen LogP contribution < -0.4 is 0 Å². The summed E-state index contributed by atoms with van der Waals surface area (Å²) >= 11 is 0. The molecule has 1 saturated heterocycles. The molecule has 72 valence electrons. The maximum Gasteiger partial charge on any atom is 0.241 e. The maximum atomic E-state index is 11.6. The molecular formula is C9H14N2O2. The highest BCUT2D eigenvalue weighted by molar-refractivity contribution is 5.87. The lowest BCUT2D eigenvalue weighted by Crippen LogP contribution is -2.51. The first-order valence-corrected chi connectivity index (χ1v) is 4.71. The van der Waals surface area contributed by atoms with Gasteiger partial charge in [0.15, 0.2) is 0 Å². The van der Waals surface area contributed by atoms with Crippen LogP contribution in [0.15, 0.2) is 0 Å². The van der Waals surface area contributed by atoms with Gasteiger partial charge in [-0.1, -0.05) is 0 Å². The zero-order valence-corrected chi connectivity index (χ0v) is 7.82. The van der Waals surface area contributed by atoms with Crippen LogP contribution in [-0.4, -0.2) is 48.3 Å². The Morgan fingerprint density at radius 3 is 2.62 bits per heavy atom. The maximum absolute atomic E-state index is 11.6. The molecule has 4 heteroatoms. The molecule has 1 aliphatic heterocycles. The molecule has 1 aliphatic carbocycles. The van der Waals surface area contributed by atoms with E-state index in [1.54, 1.807) is 16.8 Å². The third kappa shape index (κ3) is 1.66. The molecule has 0 bridgehead atoms. The zero-order valence-electron chi connectivity index (χ0n) is 7.82. The molecule has 0 N–H and O–H groups in total.